The average molecular weight is 222 g/mol. The molecular weight excluding hydrogens is 200 g/mol. The molecule has 0 radical (unpaired) electrons. The van der Waals surface area contributed by atoms with Gasteiger partial charge in [-0.25, -0.2) is 4.98 Å². The third kappa shape index (κ3) is 1.67. The predicted molar refractivity (Wildman–Crippen MR) is 64.0 cm³/mol. The van der Waals surface area contributed by atoms with Crippen molar-refractivity contribution in [1.29, 1.82) is 0 Å². The molecule has 0 aromatic carbocycles. The maximum Gasteiger partial charge on any atom is 0.141 e. The van der Waals surface area contributed by atoms with Crippen molar-refractivity contribution < 1.29 is 5.11 Å². The molecule has 0 spiro atoms. The highest BCUT2D eigenvalue weighted by Gasteiger charge is 2.43. The number of imidazole rings is 1. The van der Waals surface area contributed by atoms with Gasteiger partial charge in [0.2, 0.25) is 0 Å². The van der Waals surface area contributed by atoms with Crippen molar-refractivity contribution in [3.8, 4) is 0 Å². The van der Waals surface area contributed by atoms with Crippen LogP contribution in [0.1, 0.15) is 45.9 Å². The summed E-state index contributed by atoms with van der Waals surface area (Å²) in [6, 6.07) is 0. The summed E-state index contributed by atoms with van der Waals surface area (Å²) in [6.07, 6.45) is 6.91. The fourth-order valence-corrected chi connectivity index (χ4v) is 2.90. The Hall–Kier alpha value is -0.830. The predicted octanol–water partition coefficient (Wildman–Crippen LogP) is 2.55. The van der Waals surface area contributed by atoms with Crippen molar-refractivity contribution in [2.24, 2.45) is 11.8 Å². The van der Waals surface area contributed by atoms with Crippen LogP contribution in [0.3, 0.4) is 0 Å². The lowest BCUT2D eigenvalue weighted by Gasteiger charge is -2.41. The third-order valence-electron chi connectivity index (χ3n) is 4.27. The Morgan fingerprint density at radius 3 is 3.00 bits per heavy atom. The van der Waals surface area contributed by atoms with Crippen molar-refractivity contribution in [1.82, 2.24) is 9.55 Å². The summed E-state index contributed by atoms with van der Waals surface area (Å²) in [5.41, 5.74) is -0.725. The molecule has 0 saturated heterocycles. The second kappa shape index (κ2) is 4.21. The summed E-state index contributed by atoms with van der Waals surface area (Å²) < 4.78 is 2.06. The molecule has 3 nitrogen and oxygen atoms in total. The summed E-state index contributed by atoms with van der Waals surface area (Å²) in [5, 5.41) is 10.9. The van der Waals surface area contributed by atoms with E-state index in [9.17, 15) is 5.11 Å². The molecule has 90 valence electrons. The highest BCUT2D eigenvalue weighted by atomic mass is 16.3. The maximum atomic E-state index is 10.9. The van der Waals surface area contributed by atoms with Gasteiger partial charge in [-0.15, -0.1) is 0 Å². The SMILES string of the molecule is CCn1ccnc1C1(O)CCCC(C)C1C. The molecule has 0 bridgehead atoms. The third-order valence-corrected chi connectivity index (χ3v) is 4.27. The molecule has 1 fully saturated rings. The minimum Gasteiger partial charge on any atom is -0.382 e. The number of aryl methyl sites for hydroxylation is 1. The van der Waals surface area contributed by atoms with Gasteiger partial charge in [0.1, 0.15) is 11.4 Å². The molecule has 16 heavy (non-hydrogen) atoms. The summed E-state index contributed by atoms with van der Waals surface area (Å²) >= 11 is 0. The molecule has 1 aliphatic carbocycles. The number of hydrogen-bond acceptors (Lipinski definition) is 2. The van der Waals surface area contributed by atoms with Crippen LogP contribution in [-0.2, 0) is 12.1 Å². The zero-order valence-corrected chi connectivity index (χ0v) is 10.5. The van der Waals surface area contributed by atoms with E-state index >= 15 is 0 Å². The zero-order chi connectivity index (χ0) is 11.8. The normalized spacial score (nSPS) is 35.2. The first-order valence-electron chi connectivity index (χ1n) is 6.33. The van der Waals surface area contributed by atoms with Crippen LogP contribution in [0.15, 0.2) is 12.4 Å². The molecule has 0 amide bonds. The van der Waals surface area contributed by atoms with Gasteiger partial charge in [0.15, 0.2) is 0 Å². The first kappa shape index (κ1) is 11.6. The van der Waals surface area contributed by atoms with E-state index in [-0.39, 0.29) is 5.92 Å². The van der Waals surface area contributed by atoms with Crippen molar-refractivity contribution in [3.05, 3.63) is 18.2 Å². The first-order chi connectivity index (χ1) is 7.59. The first-order valence-corrected chi connectivity index (χ1v) is 6.33. The highest BCUT2D eigenvalue weighted by molar-refractivity contribution is 5.09. The van der Waals surface area contributed by atoms with Gasteiger partial charge in [-0.2, -0.15) is 0 Å². The smallest absolute Gasteiger partial charge is 0.141 e. The summed E-state index contributed by atoms with van der Waals surface area (Å²) in [4.78, 5) is 4.38. The Bertz CT molecular complexity index is 361. The van der Waals surface area contributed by atoms with E-state index in [1.54, 1.807) is 6.20 Å². The van der Waals surface area contributed by atoms with Gasteiger partial charge in [-0.3, -0.25) is 0 Å². The monoisotopic (exact) mass is 222 g/mol. The quantitative estimate of drug-likeness (QED) is 0.835. The largest absolute Gasteiger partial charge is 0.382 e. The second-order valence-corrected chi connectivity index (χ2v) is 5.12. The van der Waals surface area contributed by atoms with Crippen LogP contribution in [0, 0.1) is 11.8 Å². The summed E-state index contributed by atoms with van der Waals surface area (Å²) in [7, 11) is 0. The Morgan fingerprint density at radius 1 is 1.56 bits per heavy atom. The molecule has 3 atom stereocenters. The second-order valence-electron chi connectivity index (χ2n) is 5.12. The minimum atomic E-state index is -0.725. The molecule has 1 saturated carbocycles. The topological polar surface area (TPSA) is 38.0 Å². The van der Waals surface area contributed by atoms with Gasteiger partial charge in [0.05, 0.1) is 0 Å². The Kier molecular flexibility index (Phi) is 3.06. The fourth-order valence-electron chi connectivity index (χ4n) is 2.90. The molecule has 1 heterocycles. The van der Waals surface area contributed by atoms with E-state index in [1.165, 1.54) is 6.42 Å². The standard InChI is InChI=1S/C13H22N2O/c1-4-15-9-8-14-12(15)13(16)7-5-6-10(2)11(13)3/h8-11,16H,4-7H2,1-3H3. The lowest BCUT2D eigenvalue weighted by molar-refractivity contribution is -0.0779. The summed E-state index contributed by atoms with van der Waals surface area (Å²) in [5.74, 6) is 1.71. The minimum absolute atomic E-state index is 0.286. The fraction of sp³-hybridized carbons (Fsp3) is 0.769. The van der Waals surface area contributed by atoms with Crippen LogP contribution >= 0.6 is 0 Å². The zero-order valence-electron chi connectivity index (χ0n) is 10.5. The van der Waals surface area contributed by atoms with Gasteiger partial charge in [-0.05, 0) is 31.6 Å². The molecular formula is C13H22N2O. The van der Waals surface area contributed by atoms with Gasteiger partial charge in [0, 0.05) is 18.9 Å². The number of hydrogen-bond donors (Lipinski definition) is 1. The Labute approximate surface area is 97.5 Å². The molecule has 2 rings (SSSR count). The van der Waals surface area contributed by atoms with Gasteiger partial charge in [0.25, 0.3) is 0 Å². The number of nitrogens with zero attached hydrogens (tertiary/aromatic N) is 2. The van der Waals surface area contributed by atoms with Gasteiger partial charge in [-0.1, -0.05) is 20.3 Å². The lowest BCUT2D eigenvalue weighted by atomic mass is 9.70. The average Bonchev–Trinajstić information content (AvgIpc) is 2.74. The van der Waals surface area contributed by atoms with E-state index in [2.05, 4.69) is 30.3 Å². The van der Waals surface area contributed by atoms with Crippen LogP contribution in [0.4, 0.5) is 0 Å². The van der Waals surface area contributed by atoms with E-state index < -0.39 is 5.60 Å². The van der Waals surface area contributed by atoms with Crippen molar-refractivity contribution in [3.63, 3.8) is 0 Å². The van der Waals surface area contributed by atoms with Crippen LogP contribution < -0.4 is 0 Å². The number of rotatable bonds is 2. The van der Waals surface area contributed by atoms with Crippen molar-refractivity contribution >= 4 is 0 Å². The van der Waals surface area contributed by atoms with E-state index in [0.29, 0.717) is 5.92 Å². The van der Waals surface area contributed by atoms with E-state index in [4.69, 9.17) is 0 Å². The van der Waals surface area contributed by atoms with Gasteiger partial charge < -0.3 is 9.67 Å². The Morgan fingerprint density at radius 2 is 2.31 bits per heavy atom. The van der Waals surface area contributed by atoms with Crippen LogP contribution in [0.5, 0.6) is 0 Å². The van der Waals surface area contributed by atoms with E-state index in [1.807, 2.05) is 6.20 Å². The number of aliphatic hydroxyl groups is 1. The summed E-state index contributed by atoms with van der Waals surface area (Å²) in [6.45, 7) is 7.34. The van der Waals surface area contributed by atoms with Crippen LogP contribution in [0.2, 0.25) is 0 Å². The van der Waals surface area contributed by atoms with Crippen LogP contribution in [0.25, 0.3) is 0 Å². The Balaban J connectivity index is 2.36. The molecule has 1 aromatic rings. The molecule has 1 N–H and O–H groups in total. The van der Waals surface area contributed by atoms with Crippen molar-refractivity contribution in [2.75, 3.05) is 0 Å². The molecule has 0 aliphatic heterocycles. The van der Waals surface area contributed by atoms with E-state index in [0.717, 1.165) is 25.2 Å². The number of aromatic nitrogens is 2. The molecule has 3 unspecified atom stereocenters. The van der Waals surface area contributed by atoms with Gasteiger partial charge >= 0.3 is 0 Å². The highest BCUT2D eigenvalue weighted by Crippen LogP contribution is 2.43. The molecule has 1 aromatic heterocycles. The van der Waals surface area contributed by atoms with Crippen molar-refractivity contribution in [2.45, 2.75) is 52.2 Å². The lowest BCUT2D eigenvalue weighted by Crippen LogP contribution is -2.42. The molecule has 3 heteroatoms. The van der Waals surface area contributed by atoms with Crippen LogP contribution in [-0.4, -0.2) is 14.7 Å². The molecule has 1 aliphatic rings. The maximum absolute atomic E-state index is 10.9.